The summed E-state index contributed by atoms with van der Waals surface area (Å²) in [7, 11) is 0. The Morgan fingerprint density at radius 1 is 1.42 bits per heavy atom. The van der Waals surface area contributed by atoms with Gasteiger partial charge in [-0.15, -0.1) is 6.58 Å². The minimum atomic E-state index is 0.742. The van der Waals surface area contributed by atoms with Crippen LogP contribution in [0.25, 0.3) is 0 Å². The van der Waals surface area contributed by atoms with Crippen LogP contribution in [0.15, 0.2) is 12.7 Å². The Bertz CT molecular complexity index is 102. The van der Waals surface area contributed by atoms with E-state index in [1.807, 2.05) is 6.08 Å². The predicted octanol–water partition coefficient (Wildman–Crippen LogP) is 1.82. The molecule has 0 aliphatic heterocycles. The highest BCUT2D eigenvalue weighted by Crippen LogP contribution is 1.97. The molecule has 0 bridgehead atoms. The Labute approximate surface area is 76.0 Å². The fourth-order valence-corrected chi connectivity index (χ4v) is 0.770. The molecule has 0 aromatic heterocycles. The van der Waals surface area contributed by atoms with Crippen molar-refractivity contribution in [3.63, 3.8) is 0 Å². The van der Waals surface area contributed by atoms with E-state index in [0.29, 0.717) is 0 Å². The van der Waals surface area contributed by atoms with Gasteiger partial charge in [-0.3, -0.25) is 0 Å². The van der Waals surface area contributed by atoms with Crippen molar-refractivity contribution >= 4 is 0 Å². The van der Waals surface area contributed by atoms with E-state index >= 15 is 0 Å². The zero-order valence-electron chi connectivity index (χ0n) is 8.31. The fraction of sp³-hybridized carbons (Fsp3) is 0.800. The topological polar surface area (TPSA) is 21.3 Å². The minimum Gasteiger partial charge on any atom is -0.380 e. The van der Waals surface area contributed by atoms with Crippen molar-refractivity contribution in [3.05, 3.63) is 12.7 Å². The number of hydrogen-bond donors (Lipinski definition) is 1. The lowest BCUT2D eigenvalue weighted by atomic mass is 10.1. The summed E-state index contributed by atoms with van der Waals surface area (Å²) in [4.78, 5) is 0. The minimum absolute atomic E-state index is 0.742. The highest BCUT2D eigenvalue weighted by atomic mass is 16.5. The van der Waals surface area contributed by atoms with Crippen LogP contribution in [0.2, 0.25) is 0 Å². The van der Waals surface area contributed by atoms with Crippen molar-refractivity contribution in [1.29, 1.82) is 0 Å². The molecule has 0 aromatic carbocycles. The molecule has 0 unspecified atom stereocenters. The van der Waals surface area contributed by atoms with Crippen LogP contribution in [0.5, 0.6) is 0 Å². The van der Waals surface area contributed by atoms with Crippen molar-refractivity contribution in [1.82, 2.24) is 5.32 Å². The molecule has 0 radical (unpaired) electrons. The Hall–Kier alpha value is -0.340. The van der Waals surface area contributed by atoms with E-state index in [1.165, 1.54) is 0 Å². The van der Waals surface area contributed by atoms with Gasteiger partial charge in [0.05, 0.1) is 6.61 Å². The molecule has 0 spiro atoms. The summed E-state index contributed by atoms with van der Waals surface area (Å²) in [6.07, 6.45) is 3.01. The first-order valence-corrected chi connectivity index (χ1v) is 4.66. The number of nitrogens with one attached hydrogen (secondary N) is 1. The number of rotatable bonds is 8. The lowest BCUT2D eigenvalue weighted by Crippen LogP contribution is -2.19. The van der Waals surface area contributed by atoms with Crippen LogP contribution in [0.3, 0.4) is 0 Å². The van der Waals surface area contributed by atoms with Crippen molar-refractivity contribution < 1.29 is 4.74 Å². The lowest BCUT2D eigenvalue weighted by Gasteiger charge is -2.06. The maximum absolute atomic E-state index is 5.39. The SMILES string of the molecule is C=CCNCCOCCC(C)C. The third kappa shape index (κ3) is 9.66. The molecule has 0 saturated heterocycles. The van der Waals surface area contributed by atoms with Gasteiger partial charge in [-0.05, 0) is 12.3 Å². The Morgan fingerprint density at radius 3 is 2.75 bits per heavy atom. The average Bonchev–Trinajstić information content (AvgIpc) is 2.02. The van der Waals surface area contributed by atoms with Gasteiger partial charge >= 0.3 is 0 Å². The van der Waals surface area contributed by atoms with E-state index < -0.39 is 0 Å². The van der Waals surface area contributed by atoms with Gasteiger partial charge in [0.25, 0.3) is 0 Å². The molecule has 1 N–H and O–H groups in total. The zero-order chi connectivity index (χ0) is 9.23. The van der Waals surface area contributed by atoms with Crippen LogP contribution in [-0.4, -0.2) is 26.3 Å². The van der Waals surface area contributed by atoms with Gasteiger partial charge in [-0.25, -0.2) is 0 Å². The molecule has 0 atom stereocenters. The molecule has 0 fully saturated rings. The third-order valence-electron chi connectivity index (χ3n) is 1.55. The normalized spacial score (nSPS) is 10.6. The molecular formula is C10H21NO. The molecule has 0 rings (SSSR count). The Morgan fingerprint density at radius 2 is 2.17 bits per heavy atom. The highest BCUT2D eigenvalue weighted by molar-refractivity contribution is 4.68. The van der Waals surface area contributed by atoms with Gasteiger partial charge < -0.3 is 10.1 Å². The molecule has 0 aromatic rings. The summed E-state index contributed by atoms with van der Waals surface area (Å²) in [5.41, 5.74) is 0. The molecule has 0 heterocycles. The summed E-state index contributed by atoms with van der Waals surface area (Å²) in [5.74, 6) is 0.742. The van der Waals surface area contributed by atoms with E-state index in [4.69, 9.17) is 4.74 Å². The van der Waals surface area contributed by atoms with Gasteiger partial charge in [0.15, 0.2) is 0 Å². The maximum Gasteiger partial charge on any atom is 0.0591 e. The summed E-state index contributed by atoms with van der Waals surface area (Å²) in [6.45, 7) is 11.5. The van der Waals surface area contributed by atoms with Crippen LogP contribution < -0.4 is 5.32 Å². The second kappa shape index (κ2) is 8.75. The maximum atomic E-state index is 5.39. The van der Waals surface area contributed by atoms with Crippen LogP contribution in [0.1, 0.15) is 20.3 Å². The monoisotopic (exact) mass is 171 g/mol. The van der Waals surface area contributed by atoms with Crippen LogP contribution in [0, 0.1) is 5.92 Å². The summed E-state index contributed by atoms with van der Waals surface area (Å²) >= 11 is 0. The largest absolute Gasteiger partial charge is 0.380 e. The van der Waals surface area contributed by atoms with E-state index in [9.17, 15) is 0 Å². The smallest absolute Gasteiger partial charge is 0.0591 e. The molecule has 2 nitrogen and oxygen atoms in total. The molecule has 0 saturated carbocycles. The van der Waals surface area contributed by atoms with E-state index in [1.54, 1.807) is 0 Å². The molecule has 2 heteroatoms. The second-order valence-electron chi connectivity index (χ2n) is 3.29. The quantitative estimate of drug-likeness (QED) is 0.444. The van der Waals surface area contributed by atoms with Gasteiger partial charge in [-0.1, -0.05) is 19.9 Å². The summed E-state index contributed by atoms with van der Waals surface area (Å²) < 4.78 is 5.39. The second-order valence-corrected chi connectivity index (χ2v) is 3.29. The molecular weight excluding hydrogens is 150 g/mol. The van der Waals surface area contributed by atoms with E-state index in [-0.39, 0.29) is 0 Å². The Kier molecular flexibility index (Phi) is 8.51. The van der Waals surface area contributed by atoms with Crippen molar-refractivity contribution in [2.24, 2.45) is 5.92 Å². The fourth-order valence-electron chi connectivity index (χ4n) is 0.770. The first-order valence-electron chi connectivity index (χ1n) is 4.66. The first kappa shape index (κ1) is 11.7. The van der Waals surface area contributed by atoms with Crippen molar-refractivity contribution in [3.8, 4) is 0 Å². The Balaban J connectivity index is 2.86. The standard InChI is InChI=1S/C10H21NO/c1-4-6-11-7-9-12-8-5-10(2)3/h4,10-11H,1,5-9H2,2-3H3. The lowest BCUT2D eigenvalue weighted by molar-refractivity contribution is 0.126. The highest BCUT2D eigenvalue weighted by Gasteiger charge is 1.92. The number of ether oxygens (including phenoxy) is 1. The van der Waals surface area contributed by atoms with Gasteiger partial charge in [-0.2, -0.15) is 0 Å². The molecule has 72 valence electrons. The molecule has 0 aliphatic rings. The van der Waals surface area contributed by atoms with Gasteiger partial charge in [0, 0.05) is 19.7 Å². The zero-order valence-corrected chi connectivity index (χ0v) is 8.31. The number of hydrogen-bond acceptors (Lipinski definition) is 2. The van der Waals surface area contributed by atoms with Gasteiger partial charge in [0.2, 0.25) is 0 Å². The van der Waals surface area contributed by atoms with Crippen LogP contribution in [-0.2, 0) is 4.74 Å². The predicted molar refractivity (Wildman–Crippen MR) is 53.3 cm³/mol. The molecule has 0 amide bonds. The van der Waals surface area contributed by atoms with Gasteiger partial charge in [0.1, 0.15) is 0 Å². The summed E-state index contributed by atoms with van der Waals surface area (Å²) in [5, 5.41) is 3.18. The van der Waals surface area contributed by atoms with Crippen molar-refractivity contribution in [2.45, 2.75) is 20.3 Å². The van der Waals surface area contributed by atoms with E-state index in [0.717, 1.165) is 38.6 Å². The van der Waals surface area contributed by atoms with Crippen LogP contribution >= 0.6 is 0 Å². The summed E-state index contributed by atoms with van der Waals surface area (Å²) in [6, 6.07) is 0. The van der Waals surface area contributed by atoms with Crippen LogP contribution in [0.4, 0.5) is 0 Å². The first-order chi connectivity index (χ1) is 5.77. The van der Waals surface area contributed by atoms with Crippen molar-refractivity contribution in [2.75, 3.05) is 26.3 Å². The molecule has 12 heavy (non-hydrogen) atoms. The average molecular weight is 171 g/mol. The third-order valence-corrected chi connectivity index (χ3v) is 1.55. The molecule has 0 aliphatic carbocycles. The van der Waals surface area contributed by atoms with E-state index in [2.05, 4.69) is 25.7 Å².